The van der Waals surface area contributed by atoms with Crippen LogP contribution in [0.1, 0.15) is 5.56 Å². The SMILES string of the molecule is COc1ccc(N2CCN(C(=O)NCc3ccncc3)CC2)cc1. The number of piperazine rings is 1. The molecule has 1 aromatic carbocycles. The Morgan fingerprint density at radius 3 is 2.38 bits per heavy atom. The number of nitrogens with zero attached hydrogens (tertiary/aromatic N) is 3. The van der Waals surface area contributed by atoms with Crippen molar-refractivity contribution in [3.63, 3.8) is 0 Å². The highest BCUT2D eigenvalue weighted by atomic mass is 16.5. The Hall–Kier alpha value is -2.76. The molecule has 2 amide bonds. The summed E-state index contributed by atoms with van der Waals surface area (Å²) in [5.74, 6) is 0.855. The fraction of sp³-hybridized carbons (Fsp3) is 0.333. The largest absolute Gasteiger partial charge is 0.497 e. The standard InChI is InChI=1S/C18H22N4O2/c1-24-17-4-2-16(3-5-17)21-10-12-22(13-11-21)18(23)20-14-15-6-8-19-9-7-15/h2-9H,10-14H2,1H3,(H,20,23). The number of carbonyl (C=O) groups is 1. The number of benzene rings is 1. The topological polar surface area (TPSA) is 57.7 Å². The monoisotopic (exact) mass is 326 g/mol. The Balaban J connectivity index is 1.48. The minimum Gasteiger partial charge on any atom is -0.497 e. The van der Waals surface area contributed by atoms with Crippen molar-refractivity contribution < 1.29 is 9.53 Å². The molecule has 1 aliphatic heterocycles. The van der Waals surface area contributed by atoms with E-state index in [2.05, 4.69) is 27.3 Å². The average Bonchev–Trinajstić information content (AvgIpc) is 2.67. The van der Waals surface area contributed by atoms with Crippen LogP contribution >= 0.6 is 0 Å². The molecule has 1 fully saturated rings. The van der Waals surface area contributed by atoms with E-state index in [0.29, 0.717) is 19.6 Å². The summed E-state index contributed by atoms with van der Waals surface area (Å²) in [4.78, 5) is 20.4. The van der Waals surface area contributed by atoms with Gasteiger partial charge in [-0.2, -0.15) is 0 Å². The Morgan fingerprint density at radius 2 is 1.75 bits per heavy atom. The average molecular weight is 326 g/mol. The number of ether oxygens (including phenoxy) is 1. The molecule has 0 aliphatic carbocycles. The van der Waals surface area contributed by atoms with Crippen molar-refractivity contribution in [2.75, 3.05) is 38.2 Å². The van der Waals surface area contributed by atoms with E-state index in [-0.39, 0.29) is 6.03 Å². The van der Waals surface area contributed by atoms with Crippen LogP contribution in [0.5, 0.6) is 5.75 Å². The maximum atomic E-state index is 12.3. The number of hydrogen-bond donors (Lipinski definition) is 1. The van der Waals surface area contributed by atoms with E-state index in [4.69, 9.17) is 4.74 Å². The van der Waals surface area contributed by atoms with E-state index in [1.54, 1.807) is 19.5 Å². The molecule has 0 saturated carbocycles. The number of anilines is 1. The van der Waals surface area contributed by atoms with Crippen LogP contribution in [0.15, 0.2) is 48.8 Å². The third-order valence-electron chi connectivity index (χ3n) is 4.20. The number of rotatable bonds is 4. The first-order chi connectivity index (χ1) is 11.8. The van der Waals surface area contributed by atoms with E-state index < -0.39 is 0 Å². The Morgan fingerprint density at radius 1 is 1.08 bits per heavy atom. The van der Waals surface area contributed by atoms with Crippen LogP contribution in [0.3, 0.4) is 0 Å². The number of hydrogen-bond acceptors (Lipinski definition) is 4. The van der Waals surface area contributed by atoms with Crippen molar-refractivity contribution in [3.8, 4) is 5.75 Å². The van der Waals surface area contributed by atoms with Gasteiger partial charge in [0.2, 0.25) is 0 Å². The zero-order valence-corrected chi connectivity index (χ0v) is 13.8. The van der Waals surface area contributed by atoms with Gasteiger partial charge in [0.15, 0.2) is 0 Å². The maximum Gasteiger partial charge on any atom is 0.317 e. The van der Waals surface area contributed by atoms with Gasteiger partial charge in [-0.25, -0.2) is 4.79 Å². The van der Waals surface area contributed by atoms with Crippen LogP contribution in [0.2, 0.25) is 0 Å². The van der Waals surface area contributed by atoms with Crippen LogP contribution in [-0.2, 0) is 6.54 Å². The number of amides is 2. The highest BCUT2D eigenvalue weighted by Crippen LogP contribution is 2.20. The first-order valence-corrected chi connectivity index (χ1v) is 8.07. The van der Waals surface area contributed by atoms with Crippen LogP contribution in [0.25, 0.3) is 0 Å². The predicted octanol–water partition coefficient (Wildman–Crippen LogP) is 2.12. The molecule has 6 heteroatoms. The molecule has 0 atom stereocenters. The number of pyridine rings is 1. The van der Waals surface area contributed by atoms with Gasteiger partial charge < -0.3 is 19.9 Å². The molecule has 0 radical (unpaired) electrons. The summed E-state index contributed by atoms with van der Waals surface area (Å²) in [6, 6.07) is 11.8. The summed E-state index contributed by atoms with van der Waals surface area (Å²) in [5.41, 5.74) is 2.21. The number of methoxy groups -OCH3 is 1. The molecule has 2 heterocycles. The molecular weight excluding hydrogens is 304 g/mol. The van der Waals surface area contributed by atoms with Crippen LogP contribution < -0.4 is 15.0 Å². The predicted molar refractivity (Wildman–Crippen MR) is 93.3 cm³/mol. The van der Waals surface area contributed by atoms with Gasteiger partial charge in [-0.15, -0.1) is 0 Å². The number of nitrogens with one attached hydrogen (secondary N) is 1. The van der Waals surface area contributed by atoms with E-state index in [9.17, 15) is 4.79 Å². The lowest BCUT2D eigenvalue weighted by atomic mass is 10.2. The zero-order valence-electron chi connectivity index (χ0n) is 13.8. The second-order valence-corrected chi connectivity index (χ2v) is 5.69. The lowest BCUT2D eigenvalue weighted by molar-refractivity contribution is 0.194. The zero-order chi connectivity index (χ0) is 16.8. The lowest BCUT2D eigenvalue weighted by Crippen LogP contribution is -2.51. The van der Waals surface area contributed by atoms with Gasteiger partial charge in [0, 0.05) is 50.8 Å². The fourth-order valence-corrected chi connectivity index (χ4v) is 2.75. The summed E-state index contributed by atoms with van der Waals surface area (Å²) >= 11 is 0. The van der Waals surface area contributed by atoms with Crippen molar-refractivity contribution in [1.29, 1.82) is 0 Å². The molecule has 6 nitrogen and oxygen atoms in total. The lowest BCUT2D eigenvalue weighted by Gasteiger charge is -2.36. The van der Waals surface area contributed by atoms with Crippen LogP contribution in [0.4, 0.5) is 10.5 Å². The molecular formula is C18H22N4O2. The van der Waals surface area contributed by atoms with Crippen molar-refractivity contribution in [1.82, 2.24) is 15.2 Å². The molecule has 2 aromatic rings. The number of aromatic nitrogens is 1. The molecule has 0 unspecified atom stereocenters. The van der Waals surface area contributed by atoms with Crippen molar-refractivity contribution >= 4 is 11.7 Å². The molecule has 3 rings (SSSR count). The van der Waals surface area contributed by atoms with Gasteiger partial charge in [0.05, 0.1) is 7.11 Å². The summed E-state index contributed by atoms with van der Waals surface area (Å²) in [6.07, 6.45) is 3.46. The first kappa shape index (κ1) is 16.1. The van der Waals surface area contributed by atoms with Gasteiger partial charge in [-0.3, -0.25) is 4.98 Å². The summed E-state index contributed by atoms with van der Waals surface area (Å²) in [6.45, 7) is 3.62. The fourth-order valence-electron chi connectivity index (χ4n) is 2.75. The molecule has 1 aromatic heterocycles. The summed E-state index contributed by atoms with van der Waals surface area (Å²) in [7, 11) is 1.67. The molecule has 24 heavy (non-hydrogen) atoms. The molecule has 1 aliphatic rings. The van der Waals surface area contributed by atoms with Gasteiger partial charge in [0.1, 0.15) is 5.75 Å². The highest BCUT2D eigenvalue weighted by molar-refractivity contribution is 5.74. The maximum absolute atomic E-state index is 12.3. The van der Waals surface area contributed by atoms with Gasteiger partial charge in [-0.1, -0.05) is 0 Å². The third kappa shape index (κ3) is 3.95. The summed E-state index contributed by atoms with van der Waals surface area (Å²) < 4.78 is 5.18. The Labute approximate surface area is 142 Å². The van der Waals surface area contributed by atoms with E-state index >= 15 is 0 Å². The van der Waals surface area contributed by atoms with Crippen LogP contribution in [-0.4, -0.2) is 49.2 Å². The Bertz CT molecular complexity index is 652. The smallest absolute Gasteiger partial charge is 0.317 e. The van der Waals surface area contributed by atoms with E-state index in [0.717, 1.165) is 30.1 Å². The van der Waals surface area contributed by atoms with E-state index in [1.165, 1.54) is 0 Å². The minimum atomic E-state index is -0.0128. The number of carbonyl (C=O) groups excluding carboxylic acids is 1. The molecule has 0 bridgehead atoms. The number of urea groups is 1. The van der Waals surface area contributed by atoms with Crippen LogP contribution in [0, 0.1) is 0 Å². The second-order valence-electron chi connectivity index (χ2n) is 5.69. The molecule has 1 N–H and O–H groups in total. The van der Waals surface area contributed by atoms with Crippen molar-refractivity contribution in [3.05, 3.63) is 54.4 Å². The summed E-state index contributed by atoms with van der Waals surface area (Å²) in [5, 5.41) is 2.96. The van der Waals surface area contributed by atoms with E-state index in [1.807, 2.05) is 29.2 Å². The van der Waals surface area contributed by atoms with Gasteiger partial charge >= 0.3 is 6.03 Å². The minimum absolute atomic E-state index is 0.0128. The van der Waals surface area contributed by atoms with Gasteiger partial charge in [-0.05, 0) is 42.0 Å². The van der Waals surface area contributed by atoms with Gasteiger partial charge in [0.25, 0.3) is 0 Å². The molecule has 1 saturated heterocycles. The normalized spacial score (nSPS) is 14.4. The van der Waals surface area contributed by atoms with Crippen molar-refractivity contribution in [2.45, 2.75) is 6.54 Å². The quantitative estimate of drug-likeness (QED) is 0.935. The van der Waals surface area contributed by atoms with Crippen molar-refractivity contribution in [2.24, 2.45) is 0 Å². The highest BCUT2D eigenvalue weighted by Gasteiger charge is 2.21. The molecule has 126 valence electrons. The third-order valence-corrected chi connectivity index (χ3v) is 4.20. The molecule has 0 spiro atoms. The first-order valence-electron chi connectivity index (χ1n) is 8.07. The Kier molecular flexibility index (Phi) is 5.15. The second kappa shape index (κ2) is 7.68.